The van der Waals surface area contributed by atoms with Crippen LogP contribution in [0.1, 0.15) is 20.8 Å². The van der Waals surface area contributed by atoms with Gasteiger partial charge in [0.1, 0.15) is 5.78 Å². The quantitative estimate of drug-likeness (QED) is 0.693. The maximum Gasteiger partial charge on any atom is 0.307 e. The zero-order valence-corrected chi connectivity index (χ0v) is 12.7. The second-order valence-corrected chi connectivity index (χ2v) is 5.47. The van der Waals surface area contributed by atoms with Gasteiger partial charge < -0.3 is 9.84 Å². The van der Waals surface area contributed by atoms with Crippen LogP contribution in [0.3, 0.4) is 0 Å². The molecular weight excluding hydrogens is 260 g/mol. The lowest BCUT2D eigenvalue weighted by molar-refractivity contribution is -0.142. The number of carboxylic acid groups (broad SMARTS) is 1. The number of carbonyl (C=O) groups excluding carboxylic acids is 1. The molecule has 0 bridgehead atoms. The fraction of sp³-hybridized carbons (Fsp3) is 0.857. The number of Topliss-reactive ketones (excluding diaryl/α,β-unsaturated/α-hetero) is 1. The van der Waals surface area contributed by atoms with Gasteiger partial charge in [0.15, 0.2) is 0 Å². The minimum atomic E-state index is -0.822. The first-order valence-electron chi connectivity index (χ1n) is 7.19. The van der Waals surface area contributed by atoms with E-state index >= 15 is 0 Å². The summed E-state index contributed by atoms with van der Waals surface area (Å²) in [5.74, 6) is -1.22. The highest BCUT2D eigenvalue weighted by Crippen LogP contribution is 2.07. The van der Waals surface area contributed by atoms with Crippen molar-refractivity contribution in [3.63, 3.8) is 0 Å². The molecule has 0 saturated carbocycles. The van der Waals surface area contributed by atoms with Crippen LogP contribution >= 0.6 is 0 Å². The van der Waals surface area contributed by atoms with Crippen LogP contribution in [0.4, 0.5) is 0 Å². The summed E-state index contributed by atoms with van der Waals surface area (Å²) in [7, 11) is 0. The van der Waals surface area contributed by atoms with Crippen molar-refractivity contribution in [3.05, 3.63) is 0 Å². The van der Waals surface area contributed by atoms with Gasteiger partial charge in [-0.15, -0.1) is 0 Å². The Labute approximate surface area is 120 Å². The summed E-state index contributed by atoms with van der Waals surface area (Å²) in [6, 6.07) is -0.238. The van der Waals surface area contributed by atoms with Crippen LogP contribution in [-0.4, -0.2) is 78.6 Å². The SMILES string of the molecule is CC(=O)C(C)N(CCN1CCOCC1)CC(C)C(=O)O. The third-order valence-electron chi connectivity index (χ3n) is 3.87. The third kappa shape index (κ3) is 5.56. The van der Waals surface area contributed by atoms with Gasteiger partial charge in [0.05, 0.1) is 25.2 Å². The summed E-state index contributed by atoms with van der Waals surface area (Å²) in [6.45, 7) is 10.3. The number of carboxylic acids is 1. The number of ketones is 1. The largest absolute Gasteiger partial charge is 0.481 e. The standard InChI is InChI=1S/C14H26N2O4/c1-11(14(18)19)10-16(12(2)13(3)17)5-4-15-6-8-20-9-7-15/h11-12H,4-10H2,1-3H3,(H,18,19). The topological polar surface area (TPSA) is 70.1 Å². The maximum absolute atomic E-state index is 11.6. The highest BCUT2D eigenvalue weighted by molar-refractivity contribution is 5.81. The molecule has 0 spiro atoms. The van der Waals surface area contributed by atoms with Crippen molar-refractivity contribution in [2.75, 3.05) is 45.9 Å². The van der Waals surface area contributed by atoms with E-state index in [1.54, 1.807) is 13.8 Å². The second-order valence-electron chi connectivity index (χ2n) is 5.47. The fourth-order valence-electron chi connectivity index (χ4n) is 2.22. The molecule has 1 rings (SSSR count). The molecule has 1 N–H and O–H groups in total. The highest BCUT2D eigenvalue weighted by atomic mass is 16.5. The van der Waals surface area contributed by atoms with Crippen molar-refractivity contribution in [3.8, 4) is 0 Å². The molecule has 2 atom stereocenters. The van der Waals surface area contributed by atoms with Crippen LogP contribution in [0.2, 0.25) is 0 Å². The molecule has 6 heteroatoms. The molecule has 0 aliphatic carbocycles. The van der Waals surface area contributed by atoms with Crippen molar-refractivity contribution in [1.82, 2.24) is 9.80 Å². The van der Waals surface area contributed by atoms with Crippen LogP contribution in [0, 0.1) is 5.92 Å². The molecule has 116 valence electrons. The van der Waals surface area contributed by atoms with Gasteiger partial charge in [-0.05, 0) is 13.8 Å². The number of rotatable bonds is 8. The molecule has 0 aromatic carbocycles. The Bertz CT molecular complexity index is 329. The number of hydrogen-bond acceptors (Lipinski definition) is 5. The summed E-state index contributed by atoms with van der Waals surface area (Å²) in [5.41, 5.74) is 0. The summed E-state index contributed by atoms with van der Waals surface area (Å²) >= 11 is 0. The molecule has 20 heavy (non-hydrogen) atoms. The van der Waals surface area contributed by atoms with E-state index < -0.39 is 11.9 Å². The molecule has 1 saturated heterocycles. The van der Waals surface area contributed by atoms with Gasteiger partial charge in [0.25, 0.3) is 0 Å². The lowest BCUT2D eigenvalue weighted by atomic mass is 10.1. The predicted octanol–water partition coefficient (Wildman–Crippen LogP) is 0.319. The van der Waals surface area contributed by atoms with Crippen molar-refractivity contribution in [2.45, 2.75) is 26.8 Å². The second kappa shape index (κ2) is 8.34. The van der Waals surface area contributed by atoms with E-state index in [1.165, 1.54) is 0 Å². The van der Waals surface area contributed by atoms with Gasteiger partial charge in [0, 0.05) is 32.7 Å². The van der Waals surface area contributed by atoms with Crippen LogP contribution in [0.15, 0.2) is 0 Å². The monoisotopic (exact) mass is 286 g/mol. The molecule has 0 radical (unpaired) electrons. The van der Waals surface area contributed by atoms with E-state index in [2.05, 4.69) is 4.90 Å². The minimum absolute atomic E-state index is 0.0737. The lowest BCUT2D eigenvalue weighted by Gasteiger charge is -2.33. The first kappa shape index (κ1) is 17.1. The molecule has 1 fully saturated rings. The van der Waals surface area contributed by atoms with Gasteiger partial charge >= 0.3 is 5.97 Å². The number of aliphatic carboxylic acids is 1. The molecule has 1 aliphatic rings. The van der Waals surface area contributed by atoms with Gasteiger partial charge in [-0.3, -0.25) is 19.4 Å². The average molecular weight is 286 g/mol. The minimum Gasteiger partial charge on any atom is -0.481 e. The average Bonchev–Trinajstić information content (AvgIpc) is 2.43. The van der Waals surface area contributed by atoms with E-state index in [0.717, 1.165) is 32.8 Å². The zero-order valence-electron chi connectivity index (χ0n) is 12.7. The van der Waals surface area contributed by atoms with Gasteiger partial charge in [-0.1, -0.05) is 6.92 Å². The zero-order chi connectivity index (χ0) is 15.1. The first-order valence-corrected chi connectivity index (χ1v) is 7.19. The number of ether oxygens (including phenoxy) is 1. The lowest BCUT2D eigenvalue weighted by Crippen LogP contribution is -2.47. The number of nitrogens with zero attached hydrogens (tertiary/aromatic N) is 2. The molecular formula is C14H26N2O4. The van der Waals surface area contributed by atoms with Gasteiger partial charge in [0.2, 0.25) is 0 Å². The van der Waals surface area contributed by atoms with Crippen molar-refractivity contribution in [2.24, 2.45) is 5.92 Å². The summed E-state index contributed by atoms with van der Waals surface area (Å²) in [5, 5.41) is 9.03. The Morgan fingerprint density at radius 1 is 1.30 bits per heavy atom. The Balaban J connectivity index is 2.52. The summed E-state index contributed by atoms with van der Waals surface area (Å²) in [6.07, 6.45) is 0. The molecule has 2 unspecified atom stereocenters. The van der Waals surface area contributed by atoms with Crippen LogP contribution in [0.5, 0.6) is 0 Å². The van der Waals surface area contributed by atoms with Crippen LogP contribution in [0.25, 0.3) is 0 Å². The maximum atomic E-state index is 11.6. The number of hydrogen-bond donors (Lipinski definition) is 1. The molecule has 0 aromatic heterocycles. The van der Waals surface area contributed by atoms with Crippen LogP contribution in [-0.2, 0) is 14.3 Å². The Morgan fingerprint density at radius 2 is 1.90 bits per heavy atom. The van der Waals surface area contributed by atoms with Gasteiger partial charge in [-0.2, -0.15) is 0 Å². The summed E-state index contributed by atoms with van der Waals surface area (Å²) < 4.78 is 5.30. The van der Waals surface area contributed by atoms with Gasteiger partial charge in [-0.25, -0.2) is 0 Å². The van der Waals surface area contributed by atoms with E-state index in [-0.39, 0.29) is 11.8 Å². The highest BCUT2D eigenvalue weighted by Gasteiger charge is 2.23. The third-order valence-corrected chi connectivity index (χ3v) is 3.87. The van der Waals surface area contributed by atoms with E-state index in [9.17, 15) is 9.59 Å². The number of morpholine rings is 1. The van der Waals surface area contributed by atoms with E-state index in [1.807, 2.05) is 11.8 Å². The number of carbonyl (C=O) groups is 2. The summed E-state index contributed by atoms with van der Waals surface area (Å²) in [4.78, 5) is 26.8. The van der Waals surface area contributed by atoms with Crippen LogP contribution < -0.4 is 0 Å². The molecule has 0 aromatic rings. The van der Waals surface area contributed by atoms with E-state index in [4.69, 9.17) is 9.84 Å². The Morgan fingerprint density at radius 3 is 2.40 bits per heavy atom. The Hall–Kier alpha value is -0.980. The van der Waals surface area contributed by atoms with Crippen molar-refractivity contribution in [1.29, 1.82) is 0 Å². The Kier molecular flexibility index (Phi) is 7.12. The smallest absolute Gasteiger partial charge is 0.307 e. The molecule has 0 amide bonds. The van der Waals surface area contributed by atoms with Crippen molar-refractivity contribution < 1.29 is 19.4 Å². The molecule has 1 aliphatic heterocycles. The first-order chi connectivity index (χ1) is 9.41. The van der Waals surface area contributed by atoms with E-state index in [0.29, 0.717) is 13.1 Å². The fourth-order valence-corrected chi connectivity index (χ4v) is 2.22. The molecule has 6 nitrogen and oxygen atoms in total. The predicted molar refractivity (Wildman–Crippen MR) is 75.8 cm³/mol. The normalized spacial score (nSPS) is 19.8. The molecule has 1 heterocycles. The van der Waals surface area contributed by atoms with Crippen molar-refractivity contribution >= 4 is 11.8 Å².